The van der Waals surface area contributed by atoms with E-state index in [2.05, 4.69) is 20.8 Å². The Labute approximate surface area is 106 Å². The maximum Gasteiger partial charge on any atom is -0.0420 e. The fourth-order valence-corrected chi connectivity index (χ4v) is 1.73. The highest BCUT2D eigenvalue weighted by Gasteiger charge is 2.01. The molecular formula is C16H38. The van der Waals surface area contributed by atoms with Crippen LogP contribution in [0.3, 0.4) is 0 Å². The maximum absolute atomic E-state index is 2.32. The molecule has 0 fully saturated rings. The highest BCUT2D eigenvalue weighted by molar-refractivity contribution is 4.54. The van der Waals surface area contributed by atoms with Crippen molar-refractivity contribution in [3.05, 3.63) is 0 Å². The molecule has 0 aromatic rings. The summed E-state index contributed by atoms with van der Waals surface area (Å²) in [5.74, 6) is 1.01. The minimum atomic E-state index is 1.01. The van der Waals surface area contributed by atoms with Crippen LogP contribution in [-0.4, -0.2) is 0 Å². The molecule has 0 spiro atoms. The summed E-state index contributed by atoms with van der Waals surface area (Å²) >= 11 is 0. The second-order valence-electron chi connectivity index (χ2n) is 3.89. The summed E-state index contributed by atoms with van der Waals surface area (Å²) in [5, 5.41) is 0. The summed E-state index contributed by atoms with van der Waals surface area (Å²) in [4.78, 5) is 0. The molecule has 0 saturated heterocycles. The van der Waals surface area contributed by atoms with Gasteiger partial charge in [0.05, 0.1) is 0 Å². The van der Waals surface area contributed by atoms with Crippen LogP contribution in [0.5, 0.6) is 0 Å². The van der Waals surface area contributed by atoms with Crippen molar-refractivity contribution in [3.8, 4) is 0 Å². The van der Waals surface area contributed by atoms with E-state index >= 15 is 0 Å². The molecular weight excluding hydrogens is 192 g/mol. The van der Waals surface area contributed by atoms with Gasteiger partial charge in [0.1, 0.15) is 0 Å². The highest BCUT2D eigenvalue weighted by Crippen LogP contribution is 2.17. The fraction of sp³-hybridized carbons (Fsp3) is 1.00. The van der Waals surface area contributed by atoms with Gasteiger partial charge in [-0.1, -0.05) is 99.8 Å². The molecule has 0 aromatic heterocycles. The summed E-state index contributed by atoms with van der Waals surface area (Å²) in [6.07, 6.45) is 11.4. The molecule has 16 heavy (non-hydrogen) atoms. The van der Waals surface area contributed by atoms with Crippen LogP contribution in [0.25, 0.3) is 0 Å². The Morgan fingerprint density at radius 1 is 0.625 bits per heavy atom. The van der Waals surface area contributed by atoms with Gasteiger partial charge in [-0.05, 0) is 5.92 Å². The Morgan fingerprint density at radius 3 is 1.44 bits per heavy atom. The Bertz CT molecular complexity index is 72.1. The summed E-state index contributed by atoms with van der Waals surface area (Å²) in [6, 6.07) is 0. The summed E-state index contributed by atoms with van der Waals surface area (Å²) in [7, 11) is 0. The van der Waals surface area contributed by atoms with Crippen LogP contribution in [0, 0.1) is 5.92 Å². The third-order valence-corrected chi connectivity index (χ3v) is 2.87. The topological polar surface area (TPSA) is 0 Å². The third-order valence-electron chi connectivity index (χ3n) is 2.87. The van der Waals surface area contributed by atoms with Crippen LogP contribution >= 0.6 is 0 Å². The van der Waals surface area contributed by atoms with Gasteiger partial charge in [0, 0.05) is 0 Å². The van der Waals surface area contributed by atoms with Crippen LogP contribution in [-0.2, 0) is 0 Å². The van der Waals surface area contributed by atoms with E-state index in [-0.39, 0.29) is 0 Å². The van der Waals surface area contributed by atoms with Gasteiger partial charge in [-0.15, -0.1) is 0 Å². The van der Waals surface area contributed by atoms with Gasteiger partial charge < -0.3 is 0 Å². The molecule has 0 rings (SSSR count). The van der Waals surface area contributed by atoms with Gasteiger partial charge in [-0.2, -0.15) is 0 Å². The number of hydrogen-bond donors (Lipinski definition) is 0. The van der Waals surface area contributed by atoms with E-state index in [0.717, 1.165) is 5.92 Å². The lowest BCUT2D eigenvalue weighted by Crippen LogP contribution is -1.96. The molecule has 0 unspecified atom stereocenters. The number of rotatable bonds is 8. The minimum absolute atomic E-state index is 1.01. The average molecular weight is 230 g/mol. The molecule has 0 nitrogen and oxygen atoms in total. The molecule has 0 aliphatic carbocycles. The van der Waals surface area contributed by atoms with E-state index in [1.54, 1.807) is 0 Å². The van der Waals surface area contributed by atoms with E-state index in [4.69, 9.17) is 0 Å². The van der Waals surface area contributed by atoms with E-state index < -0.39 is 0 Å². The van der Waals surface area contributed by atoms with Crippen molar-refractivity contribution in [3.63, 3.8) is 0 Å². The van der Waals surface area contributed by atoms with Gasteiger partial charge in [-0.3, -0.25) is 0 Å². The normalized spacial score (nSPS) is 9.00. The Kier molecular flexibility index (Phi) is 32.3. The summed E-state index contributed by atoms with van der Waals surface area (Å²) in [5.41, 5.74) is 0. The first-order chi connectivity index (χ1) is 7.85. The fourth-order valence-electron chi connectivity index (χ4n) is 1.73. The van der Waals surface area contributed by atoms with Crippen molar-refractivity contribution in [2.45, 2.75) is 99.8 Å². The third kappa shape index (κ3) is 19.6. The van der Waals surface area contributed by atoms with Gasteiger partial charge in [-0.25, -0.2) is 0 Å². The lowest BCUT2D eigenvalue weighted by atomic mass is 9.96. The lowest BCUT2D eigenvalue weighted by Gasteiger charge is -2.10. The van der Waals surface area contributed by atoms with Crippen molar-refractivity contribution in [1.29, 1.82) is 0 Å². The van der Waals surface area contributed by atoms with Gasteiger partial charge in [0.2, 0.25) is 0 Å². The summed E-state index contributed by atoms with van der Waals surface area (Å²) < 4.78 is 0. The molecule has 0 heterocycles. The van der Waals surface area contributed by atoms with Crippen molar-refractivity contribution < 1.29 is 0 Å². The molecule has 0 aliphatic rings. The predicted octanol–water partition coefficient (Wildman–Crippen LogP) is 6.84. The van der Waals surface area contributed by atoms with Gasteiger partial charge in [0.25, 0.3) is 0 Å². The van der Waals surface area contributed by atoms with Crippen molar-refractivity contribution >= 4 is 0 Å². The lowest BCUT2D eigenvalue weighted by molar-refractivity contribution is 0.428. The van der Waals surface area contributed by atoms with Gasteiger partial charge >= 0.3 is 0 Å². The van der Waals surface area contributed by atoms with E-state index in [1.165, 1.54) is 51.4 Å². The van der Waals surface area contributed by atoms with Gasteiger partial charge in [0.15, 0.2) is 0 Å². The number of unbranched alkanes of at least 4 members (excludes halogenated alkanes) is 4. The van der Waals surface area contributed by atoms with Crippen molar-refractivity contribution in [2.75, 3.05) is 0 Å². The SMILES string of the molecule is CC.CC.CCCCCCCC(CC)CC. The minimum Gasteiger partial charge on any atom is -0.0683 e. The molecule has 0 saturated carbocycles. The molecule has 0 N–H and O–H groups in total. The monoisotopic (exact) mass is 230 g/mol. The quantitative estimate of drug-likeness (QED) is 0.401. The van der Waals surface area contributed by atoms with Crippen LogP contribution in [0.1, 0.15) is 99.8 Å². The molecule has 0 aliphatic heterocycles. The van der Waals surface area contributed by atoms with E-state index in [0.29, 0.717) is 0 Å². The Morgan fingerprint density at radius 2 is 1.06 bits per heavy atom. The van der Waals surface area contributed by atoms with Crippen molar-refractivity contribution in [2.24, 2.45) is 5.92 Å². The van der Waals surface area contributed by atoms with E-state index in [9.17, 15) is 0 Å². The maximum atomic E-state index is 2.32. The van der Waals surface area contributed by atoms with Crippen LogP contribution in [0.4, 0.5) is 0 Å². The zero-order valence-electron chi connectivity index (χ0n) is 13.2. The van der Waals surface area contributed by atoms with Crippen LogP contribution in [0.15, 0.2) is 0 Å². The largest absolute Gasteiger partial charge is 0.0683 e. The van der Waals surface area contributed by atoms with E-state index in [1.807, 2.05) is 27.7 Å². The predicted molar refractivity (Wildman–Crippen MR) is 80.1 cm³/mol. The summed E-state index contributed by atoms with van der Waals surface area (Å²) in [6.45, 7) is 14.9. The molecule has 0 heteroatoms. The number of hydrogen-bond acceptors (Lipinski definition) is 0. The molecule has 0 amide bonds. The van der Waals surface area contributed by atoms with Crippen molar-refractivity contribution in [1.82, 2.24) is 0 Å². The molecule has 0 atom stereocenters. The highest BCUT2D eigenvalue weighted by atomic mass is 14.1. The van der Waals surface area contributed by atoms with Crippen LogP contribution < -0.4 is 0 Å². The molecule has 102 valence electrons. The standard InChI is InChI=1S/C12H26.2C2H6/c1-4-7-8-9-10-11-12(5-2)6-3;2*1-2/h12H,4-11H2,1-3H3;2*1-2H3. The average Bonchev–Trinajstić information content (AvgIpc) is 2.39. The smallest absolute Gasteiger partial charge is 0.0420 e. The van der Waals surface area contributed by atoms with Crippen LogP contribution in [0.2, 0.25) is 0 Å². The molecule has 0 bridgehead atoms. The Hall–Kier alpha value is 0. The zero-order chi connectivity index (χ0) is 13.2. The second-order valence-corrected chi connectivity index (χ2v) is 3.89. The molecule has 0 radical (unpaired) electrons. The first kappa shape index (κ1) is 21.3. The molecule has 0 aromatic carbocycles. The zero-order valence-corrected chi connectivity index (χ0v) is 13.2. The first-order valence-electron chi connectivity index (χ1n) is 7.85. The Balaban J connectivity index is -0.000000376. The first-order valence-corrected chi connectivity index (χ1v) is 7.85. The second kappa shape index (κ2) is 24.3.